The van der Waals surface area contributed by atoms with Crippen LogP contribution < -0.4 is 0 Å². The summed E-state index contributed by atoms with van der Waals surface area (Å²) < 4.78 is 0. The van der Waals surface area contributed by atoms with Crippen LogP contribution in [-0.4, -0.2) is 21.8 Å². The first-order chi connectivity index (χ1) is 10.5. The molecule has 0 aliphatic heterocycles. The van der Waals surface area contributed by atoms with Crippen molar-refractivity contribution in [3.05, 3.63) is 35.4 Å². The largest absolute Gasteiger partial charge is 0.478 e. The van der Waals surface area contributed by atoms with Gasteiger partial charge in [-0.3, -0.25) is 0 Å². The van der Waals surface area contributed by atoms with E-state index in [-0.39, 0.29) is 11.5 Å². The third-order valence-corrected chi connectivity index (χ3v) is 4.92. The van der Waals surface area contributed by atoms with Crippen molar-refractivity contribution in [3.8, 4) is 17.9 Å². The zero-order valence-electron chi connectivity index (χ0n) is 12.2. The van der Waals surface area contributed by atoms with Crippen LogP contribution in [0.5, 0.6) is 0 Å². The molecule has 2 N–H and O–H groups in total. The molecule has 0 radical (unpaired) electrons. The van der Waals surface area contributed by atoms with Crippen molar-refractivity contribution in [2.45, 2.75) is 37.7 Å². The van der Waals surface area contributed by atoms with Crippen molar-refractivity contribution in [1.82, 2.24) is 0 Å². The molecule has 2 fully saturated rings. The van der Waals surface area contributed by atoms with Crippen LogP contribution in [0.25, 0.3) is 0 Å². The van der Waals surface area contributed by atoms with E-state index < -0.39 is 17.0 Å². The van der Waals surface area contributed by atoms with E-state index in [1.807, 2.05) is 0 Å². The van der Waals surface area contributed by atoms with Gasteiger partial charge in [-0.25, -0.2) is 4.79 Å². The predicted molar refractivity (Wildman–Crippen MR) is 79.9 cm³/mol. The zero-order chi connectivity index (χ0) is 15.8. The van der Waals surface area contributed by atoms with Crippen molar-refractivity contribution in [2.75, 3.05) is 0 Å². The van der Waals surface area contributed by atoms with E-state index in [1.165, 1.54) is 12.1 Å². The molecule has 2 saturated carbocycles. The van der Waals surface area contributed by atoms with Gasteiger partial charge in [0, 0.05) is 11.5 Å². The van der Waals surface area contributed by atoms with E-state index in [0.29, 0.717) is 18.4 Å². The first kappa shape index (κ1) is 14.6. The lowest BCUT2D eigenvalue weighted by Crippen LogP contribution is -2.48. The van der Waals surface area contributed by atoms with Gasteiger partial charge in [-0.15, -0.1) is 0 Å². The summed E-state index contributed by atoms with van der Waals surface area (Å²) >= 11 is 0. The first-order valence-electron chi connectivity index (χ1n) is 7.51. The number of carboxylic acid groups (broad SMARTS) is 1. The maximum absolute atomic E-state index is 11.0. The molecule has 22 heavy (non-hydrogen) atoms. The number of nitriles is 1. The summed E-state index contributed by atoms with van der Waals surface area (Å²) in [6, 6.07) is 8.51. The molecule has 0 aromatic heterocycles. The fourth-order valence-electron chi connectivity index (χ4n) is 3.01. The minimum Gasteiger partial charge on any atom is -0.478 e. The molecule has 0 bridgehead atoms. The summed E-state index contributed by atoms with van der Waals surface area (Å²) in [7, 11) is 0. The Hall–Kier alpha value is -2.30. The highest BCUT2D eigenvalue weighted by Crippen LogP contribution is 2.59. The molecule has 112 valence electrons. The number of aromatic carboxylic acids is 1. The summed E-state index contributed by atoms with van der Waals surface area (Å²) in [6.45, 7) is 0. The van der Waals surface area contributed by atoms with E-state index in [9.17, 15) is 15.2 Å². The normalized spacial score (nSPS) is 21.5. The van der Waals surface area contributed by atoms with E-state index in [2.05, 4.69) is 17.9 Å². The molecule has 1 aromatic carbocycles. The summed E-state index contributed by atoms with van der Waals surface area (Å²) in [6.07, 6.45) is 4.29. The number of hydrogen-bond donors (Lipinski definition) is 2. The maximum Gasteiger partial charge on any atom is 0.335 e. The van der Waals surface area contributed by atoms with Crippen LogP contribution in [0.15, 0.2) is 24.3 Å². The van der Waals surface area contributed by atoms with E-state index >= 15 is 0 Å². The van der Waals surface area contributed by atoms with Crippen molar-refractivity contribution in [2.24, 2.45) is 11.3 Å². The van der Waals surface area contributed by atoms with Crippen molar-refractivity contribution in [3.63, 3.8) is 0 Å². The number of carbonyl (C=O) groups is 1. The van der Waals surface area contributed by atoms with Gasteiger partial charge in [0.1, 0.15) is 5.60 Å². The van der Waals surface area contributed by atoms with Gasteiger partial charge < -0.3 is 10.2 Å². The second kappa shape index (κ2) is 5.16. The average molecular weight is 295 g/mol. The molecule has 3 rings (SSSR count). The Labute approximate surface area is 129 Å². The Morgan fingerprint density at radius 3 is 2.32 bits per heavy atom. The average Bonchev–Trinajstić information content (AvgIpc) is 3.25. The molecule has 0 unspecified atom stereocenters. The molecule has 0 heterocycles. The molecule has 4 heteroatoms. The lowest BCUT2D eigenvalue weighted by Gasteiger charge is -2.41. The Balaban J connectivity index is 1.89. The Bertz CT molecular complexity index is 697. The van der Waals surface area contributed by atoms with Gasteiger partial charge in [-0.05, 0) is 49.9 Å². The standard InChI is InChI=1S/C18H17NO3/c19-12-17(10-11-17)18(22,15-2-1-3-15)9-8-13-4-6-14(7-5-13)16(20)21/h4-7,15,22H,1-3,10-11H2,(H,20,21)/t18-/m1/s1. The molecule has 4 nitrogen and oxygen atoms in total. The molecule has 1 aromatic rings. The minimum absolute atomic E-state index is 0.0699. The lowest BCUT2D eigenvalue weighted by atomic mass is 9.66. The summed E-state index contributed by atoms with van der Waals surface area (Å²) in [5, 5.41) is 29.3. The monoisotopic (exact) mass is 295 g/mol. The predicted octanol–water partition coefficient (Wildman–Crippen LogP) is 2.57. The summed E-state index contributed by atoms with van der Waals surface area (Å²) in [4.78, 5) is 10.8. The number of aliphatic hydroxyl groups is 1. The second-order valence-corrected chi connectivity index (χ2v) is 6.22. The molecule has 2 aliphatic rings. The SMILES string of the molecule is N#CC1([C@@](O)(C#Cc2ccc(C(=O)O)cc2)C2CCC2)CC1. The number of nitrogens with zero attached hydrogens (tertiary/aromatic N) is 1. The van der Waals surface area contributed by atoms with Crippen LogP contribution in [0.2, 0.25) is 0 Å². The van der Waals surface area contributed by atoms with Crippen LogP contribution in [0.1, 0.15) is 48.0 Å². The molecule has 0 spiro atoms. The Morgan fingerprint density at radius 1 is 1.27 bits per heavy atom. The van der Waals surface area contributed by atoms with Crippen molar-refractivity contribution in [1.29, 1.82) is 5.26 Å². The Kier molecular flexibility index (Phi) is 3.43. The number of benzene rings is 1. The van der Waals surface area contributed by atoms with Gasteiger partial charge in [0.2, 0.25) is 0 Å². The van der Waals surface area contributed by atoms with E-state index in [0.717, 1.165) is 19.3 Å². The topological polar surface area (TPSA) is 81.3 Å². The highest BCUT2D eigenvalue weighted by molar-refractivity contribution is 5.87. The first-order valence-corrected chi connectivity index (χ1v) is 7.51. The minimum atomic E-state index is -1.24. The van der Waals surface area contributed by atoms with Gasteiger partial charge in [0.05, 0.1) is 17.0 Å². The van der Waals surface area contributed by atoms with Gasteiger partial charge in [-0.1, -0.05) is 18.3 Å². The zero-order valence-corrected chi connectivity index (χ0v) is 12.2. The van der Waals surface area contributed by atoms with Crippen LogP contribution >= 0.6 is 0 Å². The van der Waals surface area contributed by atoms with Crippen molar-refractivity contribution < 1.29 is 15.0 Å². The lowest BCUT2D eigenvalue weighted by molar-refractivity contribution is -0.0404. The molecule has 0 amide bonds. The van der Waals surface area contributed by atoms with Gasteiger partial charge >= 0.3 is 5.97 Å². The van der Waals surface area contributed by atoms with Crippen molar-refractivity contribution >= 4 is 5.97 Å². The van der Waals surface area contributed by atoms with Gasteiger partial charge in [0.15, 0.2) is 0 Å². The molecular weight excluding hydrogens is 278 g/mol. The second-order valence-electron chi connectivity index (χ2n) is 6.22. The third kappa shape index (κ3) is 2.26. The molecular formula is C18H17NO3. The van der Waals surface area contributed by atoms with Crippen LogP contribution in [0.4, 0.5) is 0 Å². The smallest absolute Gasteiger partial charge is 0.335 e. The number of rotatable bonds is 3. The maximum atomic E-state index is 11.0. The fourth-order valence-corrected chi connectivity index (χ4v) is 3.01. The fraction of sp³-hybridized carbons (Fsp3) is 0.444. The summed E-state index contributed by atoms with van der Waals surface area (Å²) in [5.41, 5.74) is -1.11. The highest BCUT2D eigenvalue weighted by Gasteiger charge is 2.63. The summed E-state index contributed by atoms with van der Waals surface area (Å²) in [5.74, 6) is 4.98. The van der Waals surface area contributed by atoms with Gasteiger partial charge in [0.25, 0.3) is 0 Å². The number of hydrogen-bond acceptors (Lipinski definition) is 3. The van der Waals surface area contributed by atoms with Crippen LogP contribution in [0, 0.1) is 34.5 Å². The van der Waals surface area contributed by atoms with Crippen LogP contribution in [0.3, 0.4) is 0 Å². The molecule has 1 atom stereocenters. The van der Waals surface area contributed by atoms with Gasteiger partial charge in [-0.2, -0.15) is 5.26 Å². The molecule has 0 saturated heterocycles. The highest BCUT2D eigenvalue weighted by atomic mass is 16.4. The Morgan fingerprint density at radius 2 is 1.91 bits per heavy atom. The van der Waals surface area contributed by atoms with Crippen LogP contribution in [-0.2, 0) is 0 Å². The van der Waals surface area contributed by atoms with E-state index in [1.54, 1.807) is 12.1 Å². The quantitative estimate of drug-likeness (QED) is 0.840. The number of carboxylic acids is 1. The molecule has 2 aliphatic carbocycles. The van der Waals surface area contributed by atoms with E-state index in [4.69, 9.17) is 5.11 Å². The third-order valence-electron chi connectivity index (χ3n) is 4.92.